The van der Waals surface area contributed by atoms with Gasteiger partial charge in [0.05, 0.1) is 16.6 Å². The zero-order valence-corrected chi connectivity index (χ0v) is 39.7. The minimum Gasteiger partial charge on any atom is -0.872 e. The minimum atomic E-state index is -0.200. The van der Waals surface area contributed by atoms with E-state index in [0.29, 0.717) is 13.5 Å². The fourth-order valence-corrected chi connectivity index (χ4v) is 13.1. The Hall–Kier alpha value is -7.92. The Bertz CT molecular complexity index is 4160. The van der Waals surface area contributed by atoms with E-state index in [1.54, 1.807) is 40.9 Å². The first-order chi connectivity index (χ1) is 34.0. The van der Waals surface area contributed by atoms with Gasteiger partial charge in [-0.2, -0.15) is 4.98 Å². The molecule has 0 aliphatic carbocycles. The molecule has 1 N–H and O–H groups in total. The van der Waals surface area contributed by atoms with E-state index in [9.17, 15) is 9.50 Å². The van der Waals surface area contributed by atoms with Crippen LogP contribution in [0.2, 0.25) is 0 Å². The van der Waals surface area contributed by atoms with Crippen LogP contribution in [0, 0.1) is 5.82 Å². The van der Waals surface area contributed by atoms with Gasteiger partial charge >= 0.3 is 10.1 Å². The summed E-state index contributed by atoms with van der Waals surface area (Å²) in [5.74, 6) is 1.73. The Morgan fingerprint density at radius 3 is 1.84 bits per heavy atom. The van der Waals surface area contributed by atoms with E-state index in [1.165, 1.54) is 68.5 Å². The average molecular weight is 962 g/mol. The van der Waals surface area contributed by atoms with Gasteiger partial charge in [-0.05, 0) is 107 Å². The average Bonchev–Trinajstić information content (AvgIpc) is 4.14. The van der Waals surface area contributed by atoms with Gasteiger partial charge in [-0.25, -0.2) is 4.39 Å². The number of fused-ring (bicyclic) bond motifs is 17. The molecule has 0 saturated heterocycles. The molecule has 0 amide bonds. The van der Waals surface area contributed by atoms with E-state index in [-0.39, 0.29) is 21.7 Å². The van der Waals surface area contributed by atoms with Crippen LogP contribution in [0.15, 0.2) is 194 Å². The normalized spacial score (nSPS) is 12.1. The molecule has 330 valence electrons. The number of hydrogen-bond acceptors (Lipinski definition) is 7. The predicted octanol–water partition coefficient (Wildman–Crippen LogP) is 13.1. The molecule has 0 unspecified atom stereocenters. The number of nitrogens with one attached hydrogen (secondary N) is 1. The maximum atomic E-state index is 13.4. The second-order valence-electron chi connectivity index (χ2n) is 16.8. The summed E-state index contributed by atoms with van der Waals surface area (Å²) in [4.78, 5) is 7.86. The van der Waals surface area contributed by atoms with Crippen LogP contribution in [0.25, 0.3) is 106 Å². The van der Waals surface area contributed by atoms with Crippen LogP contribution in [0.5, 0.6) is 17.2 Å². The van der Waals surface area contributed by atoms with Crippen molar-refractivity contribution in [2.24, 2.45) is 0 Å². The summed E-state index contributed by atoms with van der Waals surface area (Å²) >= 11 is 5.19. The number of aromatic amines is 1. The number of aromatic nitrogens is 4. The largest absolute Gasteiger partial charge is 2.00 e. The first kappa shape index (κ1) is 43.4. The topological polar surface area (TPSA) is 76.3 Å². The number of benzene rings is 9. The fourth-order valence-electron chi connectivity index (χ4n) is 9.35. The second-order valence-corrected chi connectivity index (χ2v) is 19.8. The molecule has 0 spiro atoms. The molecule has 0 fully saturated rings. The summed E-state index contributed by atoms with van der Waals surface area (Å²) in [5, 5.41) is 21.1. The first-order valence-corrected chi connectivity index (χ1v) is 24.9. The molecule has 70 heavy (non-hydrogen) atoms. The van der Waals surface area contributed by atoms with Gasteiger partial charge in [-0.3, -0.25) is 4.98 Å². The molecular weight excluding hydrogens is 925 g/mol. The van der Waals surface area contributed by atoms with Crippen LogP contribution in [-0.4, -0.2) is 15.1 Å². The molecule has 0 saturated carbocycles. The molecule has 13 aromatic rings. The Balaban J connectivity index is 0.000000108. The van der Waals surface area contributed by atoms with Crippen molar-refractivity contribution in [2.45, 2.75) is 13.5 Å². The number of nitrogens with zero attached hydrogens (tertiary/aromatic N) is 3. The van der Waals surface area contributed by atoms with E-state index < -0.39 is 0 Å². The van der Waals surface area contributed by atoms with Crippen LogP contribution >= 0.6 is 34.0 Å². The Morgan fingerprint density at radius 2 is 1.11 bits per heavy atom. The molecule has 4 aromatic heterocycles. The summed E-state index contributed by atoms with van der Waals surface area (Å²) in [6.45, 7) is 1.08. The third-order valence-corrected chi connectivity index (χ3v) is 16.4. The molecule has 0 atom stereocenters. The Kier molecular flexibility index (Phi) is 11.1. The number of thiazole rings is 3. The maximum Gasteiger partial charge on any atom is 2.00 e. The molecule has 2 aliphatic heterocycles. The molecule has 0 bridgehead atoms. The van der Waals surface area contributed by atoms with Crippen LogP contribution in [-0.2, 0) is 13.5 Å². The van der Waals surface area contributed by atoms with Gasteiger partial charge < -0.3 is 14.6 Å². The minimum absolute atomic E-state index is 0. The van der Waals surface area contributed by atoms with Crippen molar-refractivity contribution < 1.29 is 33.1 Å². The summed E-state index contributed by atoms with van der Waals surface area (Å²) < 4.78 is 33.2. The molecule has 9 aromatic carbocycles. The zero-order chi connectivity index (χ0) is 46.0. The third-order valence-electron chi connectivity index (χ3n) is 12.7. The number of halogens is 1. The summed E-state index contributed by atoms with van der Waals surface area (Å²) in [5.41, 5.74) is 9.89. The number of hydrogen-bond donors (Lipinski definition) is 0. The standard InChI is InChI=1S/C23H15NOS.C18H11FNOS.C17H11N2OS.Be/c25-21-9-5-4-8-19(21)23-24-20-13-11-17-14-16(15-6-2-1-3-7-15)10-12-18(17)22(20)26-23;19-12-6-7-13-11(9-12)5-8-15-17(13)22-18-14-3-1-2-4-16(14)21-10-20(15)18;1-2-6-15-12(4-1)17-19(10-20-15)14-8-7-13-11(16(14)21-17)5-3-9-18-13;/h1-14,25H;1-9H,10H2;1-9H,10H2;/q;2*+1;+2. The first-order valence-electron chi connectivity index (χ1n) is 22.4. The van der Waals surface area contributed by atoms with Gasteiger partial charge in [-0.1, -0.05) is 125 Å². The Labute approximate surface area is 416 Å². The number of rotatable bonds is 2. The van der Waals surface area contributed by atoms with Gasteiger partial charge in [0, 0.05) is 46.1 Å². The van der Waals surface area contributed by atoms with Gasteiger partial charge in [0.15, 0.2) is 0 Å². The van der Waals surface area contributed by atoms with Gasteiger partial charge in [0.2, 0.25) is 16.6 Å². The molecule has 2 aliphatic rings. The molecule has 12 heteroatoms. The molecule has 7 nitrogen and oxygen atoms in total. The smallest absolute Gasteiger partial charge is 0.872 e. The number of ether oxygens (including phenoxy) is 2. The van der Waals surface area contributed by atoms with E-state index in [4.69, 9.17) is 9.47 Å². The molecule has 0 radical (unpaired) electrons. The van der Waals surface area contributed by atoms with E-state index in [1.807, 2.05) is 84.3 Å². The van der Waals surface area contributed by atoms with Gasteiger partial charge in [0.25, 0.3) is 28.5 Å². The predicted molar refractivity (Wildman–Crippen MR) is 281 cm³/mol. The van der Waals surface area contributed by atoms with Crippen molar-refractivity contribution in [1.82, 2.24) is 4.98 Å². The van der Waals surface area contributed by atoms with Crippen molar-refractivity contribution in [3.05, 3.63) is 200 Å². The van der Waals surface area contributed by atoms with E-state index >= 15 is 0 Å². The van der Waals surface area contributed by atoms with Crippen molar-refractivity contribution in [1.29, 1.82) is 0 Å². The number of pyridine rings is 1. The molecule has 6 heterocycles. The maximum absolute atomic E-state index is 13.4. The third kappa shape index (κ3) is 7.51. The van der Waals surface area contributed by atoms with Crippen molar-refractivity contribution in [3.63, 3.8) is 0 Å². The molecule has 15 rings (SSSR count). The van der Waals surface area contributed by atoms with E-state index in [0.717, 1.165) is 55.0 Å². The SMILES string of the molecule is Fc1ccc2c(ccc3c2sc2[n+]3COc3ccccc3-2)c1.[Be+2].[O-]c1ccccc1-c1[nH+]c2ccc3cc(-c4ccccc4)ccc3c2s1.c1ccc2c(c1)OC[n+]1c-2sc2c3cccnc3ccc21. The van der Waals surface area contributed by atoms with Crippen molar-refractivity contribution in [3.8, 4) is 60.1 Å². The second kappa shape index (κ2) is 17.9. The zero-order valence-electron chi connectivity index (χ0n) is 37.3. The van der Waals surface area contributed by atoms with Gasteiger partial charge in [-0.15, -0.1) is 9.13 Å². The van der Waals surface area contributed by atoms with Crippen LogP contribution in [0.3, 0.4) is 0 Å². The van der Waals surface area contributed by atoms with E-state index in [2.05, 4.69) is 116 Å². The van der Waals surface area contributed by atoms with Crippen LogP contribution in [0.1, 0.15) is 0 Å². The summed E-state index contributed by atoms with van der Waals surface area (Å²) in [7, 11) is 0. The van der Waals surface area contributed by atoms with Crippen molar-refractivity contribution in [2.75, 3.05) is 0 Å². The molecular formula is C58H37BeFN4O3S3+4. The quantitative estimate of drug-likeness (QED) is 0.128. The summed E-state index contributed by atoms with van der Waals surface area (Å²) in [6.07, 6.45) is 1.84. The summed E-state index contributed by atoms with van der Waals surface area (Å²) in [6, 6.07) is 62.0. The Morgan fingerprint density at radius 1 is 0.514 bits per heavy atom. The van der Waals surface area contributed by atoms with Crippen molar-refractivity contribution >= 4 is 107 Å². The fraction of sp³-hybridized carbons (Fsp3) is 0.0345. The van der Waals surface area contributed by atoms with Crippen LogP contribution < -0.4 is 28.7 Å². The number of para-hydroxylation sites is 3. The van der Waals surface area contributed by atoms with Gasteiger partial charge in [0.1, 0.15) is 31.4 Å². The monoisotopic (exact) mass is 961 g/mol. The van der Waals surface area contributed by atoms with Crippen LogP contribution in [0.4, 0.5) is 4.39 Å². The number of H-pyrrole nitrogens is 1.